The molecule has 6 nitrogen and oxygen atoms in total. The van der Waals surface area contributed by atoms with Gasteiger partial charge in [-0.15, -0.1) is 0 Å². The number of rotatable bonds is 5. The molecule has 1 saturated heterocycles. The first kappa shape index (κ1) is 16.7. The van der Waals surface area contributed by atoms with E-state index in [2.05, 4.69) is 5.32 Å². The molecular weight excluding hydrogens is 296 g/mol. The third-order valence-electron chi connectivity index (χ3n) is 3.59. The van der Waals surface area contributed by atoms with Crippen LogP contribution >= 0.6 is 0 Å². The zero-order valence-electron chi connectivity index (χ0n) is 13.5. The Labute approximate surface area is 135 Å². The first-order chi connectivity index (χ1) is 10.9. The van der Waals surface area contributed by atoms with Crippen LogP contribution < -0.4 is 5.32 Å². The Morgan fingerprint density at radius 2 is 1.91 bits per heavy atom. The molecule has 1 aromatic rings. The number of esters is 1. The van der Waals surface area contributed by atoms with Gasteiger partial charge < -0.3 is 15.0 Å². The van der Waals surface area contributed by atoms with E-state index in [0.29, 0.717) is 5.57 Å². The fraction of sp³-hybridized carbons (Fsp3) is 0.353. The van der Waals surface area contributed by atoms with Crippen LogP contribution in [0.15, 0.2) is 41.6 Å². The molecule has 6 heteroatoms. The predicted molar refractivity (Wildman–Crippen MR) is 84.2 cm³/mol. The Hall–Kier alpha value is -2.63. The number of carbonyl (C=O) groups excluding carboxylic acids is 3. The zero-order valence-corrected chi connectivity index (χ0v) is 13.5. The lowest BCUT2D eigenvalue weighted by molar-refractivity contribution is -0.150. The maximum Gasteiger partial charge on any atom is 0.354 e. The van der Waals surface area contributed by atoms with Crippen molar-refractivity contribution in [1.29, 1.82) is 0 Å². The van der Waals surface area contributed by atoms with Gasteiger partial charge in [-0.05, 0) is 25.0 Å². The number of allylic oxidation sites excluding steroid dienone is 1. The normalized spacial score (nSPS) is 16.4. The molecule has 1 aliphatic rings. The van der Waals surface area contributed by atoms with E-state index in [1.54, 1.807) is 13.8 Å². The summed E-state index contributed by atoms with van der Waals surface area (Å²) in [5.41, 5.74) is 1.82. The third kappa shape index (κ3) is 3.77. The molecule has 0 saturated carbocycles. The van der Waals surface area contributed by atoms with E-state index >= 15 is 0 Å². The zero-order chi connectivity index (χ0) is 17.0. The average molecular weight is 316 g/mol. The first-order valence-corrected chi connectivity index (χ1v) is 7.34. The monoisotopic (exact) mass is 316 g/mol. The summed E-state index contributed by atoms with van der Waals surface area (Å²) in [7, 11) is 1.27. The van der Waals surface area contributed by atoms with Gasteiger partial charge in [-0.3, -0.25) is 9.59 Å². The van der Waals surface area contributed by atoms with Crippen molar-refractivity contribution in [3.8, 4) is 0 Å². The van der Waals surface area contributed by atoms with Crippen LogP contribution in [0.2, 0.25) is 0 Å². The number of β-lactam (4-membered cyclic amide) rings is 1. The minimum Gasteiger partial charge on any atom is -0.464 e. The van der Waals surface area contributed by atoms with Gasteiger partial charge in [0, 0.05) is 0 Å². The van der Waals surface area contributed by atoms with Gasteiger partial charge in [0.05, 0.1) is 20.1 Å². The fourth-order valence-corrected chi connectivity index (χ4v) is 2.44. The molecule has 1 fully saturated rings. The van der Waals surface area contributed by atoms with Gasteiger partial charge in [-0.1, -0.05) is 30.3 Å². The van der Waals surface area contributed by atoms with E-state index < -0.39 is 12.0 Å². The summed E-state index contributed by atoms with van der Waals surface area (Å²) < 4.78 is 4.70. The van der Waals surface area contributed by atoms with Gasteiger partial charge in [-0.2, -0.15) is 0 Å². The Balaban J connectivity index is 1.94. The van der Waals surface area contributed by atoms with Crippen LogP contribution in [0.25, 0.3) is 0 Å². The molecule has 1 aliphatic heterocycles. The number of amides is 2. The molecule has 1 unspecified atom stereocenters. The highest BCUT2D eigenvalue weighted by atomic mass is 16.5. The van der Waals surface area contributed by atoms with Crippen LogP contribution in [0.3, 0.4) is 0 Å². The highest BCUT2D eigenvalue weighted by Gasteiger charge is 2.42. The molecule has 2 amide bonds. The standard InChI is InChI=1S/C17H20N2O4/c1-11(2)15(17(22)23-3)19-10-13(16(19)21)18-14(20)9-12-7-5-4-6-8-12/h4-8,13H,9-10H2,1-3H3,(H,18,20). The van der Waals surface area contributed by atoms with E-state index in [1.807, 2.05) is 30.3 Å². The highest BCUT2D eigenvalue weighted by Crippen LogP contribution is 2.21. The van der Waals surface area contributed by atoms with Gasteiger partial charge in [0.1, 0.15) is 11.7 Å². The summed E-state index contributed by atoms with van der Waals surface area (Å²) in [6.07, 6.45) is 0.219. The molecule has 0 aromatic heterocycles. The smallest absolute Gasteiger partial charge is 0.354 e. The molecule has 0 bridgehead atoms. The fourth-order valence-electron chi connectivity index (χ4n) is 2.44. The second-order valence-electron chi connectivity index (χ2n) is 5.57. The molecule has 1 atom stereocenters. The van der Waals surface area contributed by atoms with Gasteiger partial charge in [0.2, 0.25) is 5.91 Å². The van der Waals surface area contributed by atoms with Crippen LogP contribution in [-0.4, -0.2) is 42.4 Å². The molecule has 1 heterocycles. The summed E-state index contributed by atoms with van der Waals surface area (Å²) in [5.74, 6) is -1.06. The largest absolute Gasteiger partial charge is 0.464 e. The summed E-state index contributed by atoms with van der Waals surface area (Å²) in [5, 5.41) is 2.69. The molecule has 1 N–H and O–H groups in total. The van der Waals surface area contributed by atoms with Crippen molar-refractivity contribution in [1.82, 2.24) is 10.2 Å². The van der Waals surface area contributed by atoms with Crippen molar-refractivity contribution < 1.29 is 19.1 Å². The number of benzene rings is 1. The first-order valence-electron chi connectivity index (χ1n) is 7.34. The highest BCUT2D eigenvalue weighted by molar-refractivity contribution is 6.00. The number of hydrogen-bond acceptors (Lipinski definition) is 4. The predicted octanol–water partition coefficient (Wildman–Crippen LogP) is 1.02. The van der Waals surface area contributed by atoms with E-state index in [0.717, 1.165) is 5.56 Å². The second kappa shape index (κ2) is 7.09. The molecule has 2 rings (SSSR count). The topological polar surface area (TPSA) is 75.7 Å². The number of carbonyl (C=O) groups is 3. The Kier molecular flexibility index (Phi) is 5.16. The molecule has 23 heavy (non-hydrogen) atoms. The Bertz CT molecular complexity index is 648. The van der Waals surface area contributed by atoms with Crippen LogP contribution in [0.1, 0.15) is 19.4 Å². The van der Waals surface area contributed by atoms with Crippen LogP contribution in [0, 0.1) is 0 Å². The minimum absolute atomic E-state index is 0.217. The number of hydrogen-bond donors (Lipinski definition) is 1. The maximum absolute atomic E-state index is 12.2. The van der Waals surface area contributed by atoms with Gasteiger partial charge >= 0.3 is 5.97 Å². The minimum atomic E-state index is -0.592. The second-order valence-corrected chi connectivity index (χ2v) is 5.57. The lowest BCUT2D eigenvalue weighted by atomic mass is 10.0. The van der Waals surface area contributed by atoms with Crippen LogP contribution in [-0.2, 0) is 25.5 Å². The number of methoxy groups -OCH3 is 1. The molecule has 1 aromatic carbocycles. The number of likely N-dealkylation sites (tertiary alicyclic amines) is 1. The van der Waals surface area contributed by atoms with E-state index in [1.165, 1.54) is 12.0 Å². The number of nitrogens with zero attached hydrogens (tertiary/aromatic N) is 1. The summed E-state index contributed by atoms with van der Waals surface area (Å²) in [4.78, 5) is 37.2. The van der Waals surface area contributed by atoms with Crippen molar-refractivity contribution in [2.75, 3.05) is 13.7 Å². The Morgan fingerprint density at radius 1 is 1.26 bits per heavy atom. The van der Waals surface area contributed by atoms with Gasteiger partial charge in [-0.25, -0.2) is 4.79 Å². The lowest BCUT2D eigenvalue weighted by Crippen LogP contribution is -2.64. The third-order valence-corrected chi connectivity index (χ3v) is 3.59. The summed E-state index contributed by atoms with van der Waals surface area (Å²) in [6, 6.07) is 8.71. The maximum atomic E-state index is 12.2. The van der Waals surface area contributed by atoms with E-state index in [4.69, 9.17) is 4.74 Å². The molecule has 0 radical (unpaired) electrons. The van der Waals surface area contributed by atoms with E-state index in [9.17, 15) is 14.4 Å². The molecular formula is C17H20N2O4. The molecule has 0 spiro atoms. The van der Waals surface area contributed by atoms with Crippen molar-refractivity contribution in [2.24, 2.45) is 0 Å². The lowest BCUT2D eigenvalue weighted by Gasteiger charge is -2.39. The summed E-state index contributed by atoms with van der Waals surface area (Å²) >= 11 is 0. The van der Waals surface area contributed by atoms with Crippen molar-refractivity contribution in [3.05, 3.63) is 47.2 Å². The average Bonchev–Trinajstić information content (AvgIpc) is 2.53. The summed E-state index contributed by atoms with van der Waals surface area (Å²) in [6.45, 7) is 3.75. The van der Waals surface area contributed by atoms with Crippen molar-refractivity contribution in [3.63, 3.8) is 0 Å². The quantitative estimate of drug-likeness (QED) is 0.500. The SMILES string of the molecule is COC(=O)C(=C(C)C)N1CC(NC(=O)Cc2ccccc2)C1=O. The van der Waals surface area contributed by atoms with Crippen LogP contribution in [0.5, 0.6) is 0 Å². The Morgan fingerprint density at radius 3 is 2.43 bits per heavy atom. The van der Waals surface area contributed by atoms with Crippen LogP contribution in [0.4, 0.5) is 0 Å². The number of nitrogens with one attached hydrogen (secondary N) is 1. The van der Waals surface area contributed by atoms with Crippen molar-refractivity contribution in [2.45, 2.75) is 26.3 Å². The van der Waals surface area contributed by atoms with Gasteiger partial charge in [0.25, 0.3) is 5.91 Å². The van der Waals surface area contributed by atoms with Crippen molar-refractivity contribution >= 4 is 17.8 Å². The van der Waals surface area contributed by atoms with Gasteiger partial charge in [0.15, 0.2) is 0 Å². The molecule has 122 valence electrons. The number of ether oxygens (including phenoxy) is 1. The van der Waals surface area contributed by atoms with E-state index in [-0.39, 0.29) is 30.5 Å². The molecule has 0 aliphatic carbocycles.